The van der Waals surface area contributed by atoms with E-state index in [9.17, 15) is 0 Å². The molecule has 2 aromatic heterocycles. The Kier molecular flexibility index (Phi) is 3.90. The summed E-state index contributed by atoms with van der Waals surface area (Å²) in [4.78, 5) is 6.94. The molecule has 3 heterocycles. The molecule has 1 aliphatic heterocycles. The molecule has 4 rings (SSSR count). The van der Waals surface area contributed by atoms with Crippen LogP contribution in [0.1, 0.15) is 11.4 Å². The van der Waals surface area contributed by atoms with Crippen molar-refractivity contribution in [2.75, 3.05) is 17.9 Å². The van der Waals surface area contributed by atoms with Crippen LogP contribution in [0.15, 0.2) is 48.0 Å². The first-order valence-corrected chi connectivity index (χ1v) is 8.98. The average molecular weight is 358 g/mol. The van der Waals surface area contributed by atoms with Gasteiger partial charge in [0.2, 0.25) is 0 Å². The second kappa shape index (κ2) is 6.07. The lowest BCUT2D eigenvalue weighted by Gasteiger charge is -2.22. The predicted molar refractivity (Wildman–Crippen MR) is 101 cm³/mol. The lowest BCUT2D eigenvalue weighted by atomic mass is 10.2. The normalized spacial score (nSPS) is 14.3. The number of aryl methyl sites for hydroxylation is 1. The number of rotatable bonds is 3. The van der Waals surface area contributed by atoms with E-state index in [0.29, 0.717) is 5.02 Å². The number of fused-ring (bicyclic) bond motifs is 1. The molecule has 3 aromatic rings. The molecule has 1 aliphatic rings. The van der Waals surface area contributed by atoms with Gasteiger partial charge in [-0.25, -0.2) is 4.98 Å². The van der Waals surface area contributed by atoms with Gasteiger partial charge in [-0.15, -0.1) is 11.8 Å². The third-order valence-corrected chi connectivity index (χ3v) is 5.09. The number of benzene rings is 1. The van der Waals surface area contributed by atoms with E-state index >= 15 is 0 Å². The second-order valence-corrected chi connectivity index (χ2v) is 6.81. The molecule has 0 radical (unpaired) electrons. The number of methoxy groups -OCH3 is 1. The van der Waals surface area contributed by atoms with Gasteiger partial charge in [-0.05, 0) is 48.7 Å². The first-order chi connectivity index (χ1) is 11.7. The molecule has 0 spiro atoms. The van der Waals surface area contributed by atoms with Crippen molar-refractivity contribution in [3.8, 4) is 5.75 Å². The van der Waals surface area contributed by atoms with Crippen LogP contribution in [-0.2, 0) is 0 Å². The minimum absolute atomic E-state index is 0.698. The zero-order chi connectivity index (χ0) is 16.7. The van der Waals surface area contributed by atoms with Crippen molar-refractivity contribution >= 4 is 40.4 Å². The summed E-state index contributed by atoms with van der Waals surface area (Å²) in [6.45, 7) is 2.03. The number of halogens is 1. The monoisotopic (exact) mass is 357 g/mol. The average Bonchev–Trinajstić information content (AvgIpc) is 3.18. The topological polar surface area (TPSA) is 29.8 Å². The van der Waals surface area contributed by atoms with Crippen molar-refractivity contribution in [2.24, 2.45) is 0 Å². The third-order valence-electron chi connectivity index (χ3n) is 4.07. The summed E-state index contributed by atoms with van der Waals surface area (Å²) < 4.78 is 7.32. The number of nitrogens with zero attached hydrogens (tertiary/aromatic N) is 3. The third kappa shape index (κ3) is 2.54. The first kappa shape index (κ1) is 15.4. The molecule has 0 N–H and O–H groups in total. The molecule has 1 aromatic carbocycles. The van der Waals surface area contributed by atoms with E-state index in [4.69, 9.17) is 16.3 Å². The Bertz CT molecular complexity index is 933. The summed E-state index contributed by atoms with van der Waals surface area (Å²) >= 11 is 7.97. The van der Waals surface area contributed by atoms with Gasteiger partial charge in [0, 0.05) is 11.9 Å². The van der Waals surface area contributed by atoms with Crippen molar-refractivity contribution in [3.05, 3.63) is 64.4 Å². The maximum atomic E-state index is 6.19. The Morgan fingerprint density at radius 3 is 2.71 bits per heavy atom. The zero-order valence-corrected chi connectivity index (χ0v) is 14.9. The highest BCUT2D eigenvalue weighted by Crippen LogP contribution is 2.37. The molecule has 0 aliphatic carbocycles. The molecule has 0 fully saturated rings. The van der Waals surface area contributed by atoms with Gasteiger partial charge in [0.15, 0.2) is 0 Å². The summed E-state index contributed by atoms with van der Waals surface area (Å²) in [5.41, 5.74) is 5.23. The van der Waals surface area contributed by atoms with Crippen LogP contribution in [0.2, 0.25) is 5.02 Å². The predicted octanol–water partition coefficient (Wildman–Crippen LogP) is 4.81. The second-order valence-electron chi connectivity index (χ2n) is 5.55. The molecule has 24 heavy (non-hydrogen) atoms. The quantitative estimate of drug-likeness (QED) is 0.672. The molecule has 4 nitrogen and oxygen atoms in total. The molecule has 0 saturated carbocycles. The van der Waals surface area contributed by atoms with Crippen LogP contribution in [0, 0.1) is 6.92 Å². The van der Waals surface area contributed by atoms with E-state index in [1.165, 1.54) is 0 Å². The van der Waals surface area contributed by atoms with E-state index in [0.717, 1.165) is 40.0 Å². The largest absolute Gasteiger partial charge is 0.497 e. The Hall–Kier alpha value is -2.11. The van der Waals surface area contributed by atoms with Gasteiger partial charge < -0.3 is 9.64 Å². The summed E-state index contributed by atoms with van der Waals surface area (Å²) in [6, 6.07) is 11.9. The summed E-state index contributed by atoms with van der Waals surface area (Å²) in [7, 11) is 1.68. The maximum absolute atomic E-state index is 6.19. The van der Waals surface area contributed by atoms with Crippen LogP contribution >= 0.6 is 23.4 Å². The van der Waals surface area contributed by atoms with Gasteiger partial charge in [-0.3, -0.25) is 4.40 Å². The molecule has 0 saturated heterocycles. The van der Waals surface area contributed by atoms with E-state index in [1.54, 1.807) is 18.9 Å². The van der Waals surface area contributed by atoms with E-state index in [-0.39, 0.29) is 0 Å². The highest BCUT2D eigenvalue weighted by Gasteiger charge is 2.24. The number of aromatic nitrogens is 2. The highest BCUT2D eigenvalue weighted by molar-refractivity contribution is 8.02. The molecule has 6 heteroatoms. The lowest BCUT2D eigenvalue weighted by Crippen LogP contribution is -2.18. The number of hydrogen-bond acceptors (Lipinski definition) is 4. The fourth-order valence-corrected chi connectivity index (χ4v) is 4.00. The molecule has 0 bridgehead atoms. The zero-order valence-electron chi connectivity index (χ0n) is 13.4. The van der Waals surface area contributed by atoms with Gasteiger partial charge >= 0.3 is 0 Å². The van der Waals surface area contributed by atoms with Crippen LogP contribution in [0.4, 0.5) is 5.69 Å². The van der Waals surface area contributed by atoms with Crippen molar-refractivity contribution in [2.45, 2.75) is 6.92 Å². The van der Waals surface area contributed by atoms with Gasteiger partial charge in [0.1, 0.15) is 11.4 Å². The van der Waals surface area contributed by atoms with Crippen LogP contribution < -0.4 is 9.64 Å². The van der Waals surface area contributed by atoms with Gasteiger partial charge in [0.25, 0.3) is 0 Å². The van der Waals surface area contributed by atoms with Gasteiger partial charge in [-0.1, -0.05) is 11.6 Å². The summed E-state index contributed by atoms with van der Waals surface area (Å²) in [5.74, 6) is 1.73. The number of anilines is 1. The van der Waals surface area contributed by atoms with Crippen molar-refractivity contribution in [1.29, 1.82) is 0 Å². The Morgan fingerprint density at radius 2 is 1.96 bits per heavy atom. The molecular formula is C18H16ClN3OS. The van der Waals surface area contributed by atoms with Gasteiger partial charge in [0.05, 0.1) is 35.1 Å². The fourth-order valence-electron chi connectivity index (χ4n) is 2.93. The number of imidazole rings is 1. The van der Waals surface area contributed by atoms with Crippen LogP contribution in [0.25, 0.3) is 11.3 Å². The SMILES string of the molecule is COc1ccc(N2CSC=C2c2c(C)nc3ccc(Cl)cn23)cc1. The minimum Gasteiger partial charge on any atom is -0.497 e. The first-order valence-electron chi connectivity index (χ1n) is 7.55. The molecule has 122 valence electrons. The highest BCUT2D eigenvalue weighted by atomic mass is 35.5. The number of thioether (sulfide) groups is 1. The van der Waals surface area contributed by atoms with E-state index in [1.807, 2.05) is 37.4 Å². The number of hydrogen-bond donors (Lipinski definition) is 0. The van der Waals surface area contributed by atoms with Crippen LogP contribution in [-0.4, -0.2) is 22.4 Å². The molecule has 0 amide bonds. The van der Waals surface area contributed by atoms with Crippen molar-refractivity contribution in [3.63, 3.8) is 0 Å². The smallest absolute Gasteiger partial charge is 0.137 e. The molecular weight excluding hydrogens is 342 g/mol. The van der Waals surface area contributed by atoms with Crippen molar-refractivity contribution < 1.29 is 4.74 Å². The maximum Gasteiger partial charge on any atom is 0.137 e. The Labute approximate surface area is 149 Å². The Balaban J connectivity index is 1.80. The summed E-state index contributed by atoms with van der Waals surface area (Å²) in [6.07, 6.45) is 1.92. The van der Waals surface area contributed by atoms with Gasteiger partial charge in [-0.2, -0.15) is 0 Å². The summed E-state index contributed by atoms with van der Waals surface area (Å²) in [5, 5.41) is 2.88. The van der Waals surface area contributed by atoms with Crippen LogP contribution in [0.3, 0.4) is 0 Å². The number of pyridine rings is 1. The molecule has 0 unspecified atom stereocenters. The Morgan fingerprint density at radius 1 is 1.17 bits per heavy atom. The fraction of sp³-hybridized carbons (Fsp3) is 0.167. The van der Waals surface area contributed by atoms with E-state index in [2.05, 4.69) is 31.8 Å². The lowest BCUT2D eigenvalue weighted by molar-refractivity contribution is 0.415. The molecule has 0 atom stereocenters. The minimum atomic E-state index is 0.698. The number of ether oxygens (including phenoxy) is 1. The standard InChI is InChI=1S/C18H16ClN3OS/c1-12-18(21-9-13(19)3-8-17(21)20-12)16-10-24-11-22(16)14-4-6-15(23-2)7-5-14/h3-10H,11H2,1-2H3. The van der Waals surface area contributed by atoms with Crippen molar-refractivity contribution in [1.82, 2.24) is 9.38 Å². The van der Waals surface area contributed by atoms with Crippen LogP contribution in [0.5, 0.6) is 5.75 Å². The van der Waals surface area contributed by atoms with E-state index < -0.39 is 0 Å².